The van der Waals surface area contributed by atoms with Gasteiger partial charge in [0, 0.05) is 13.1 Å². The molecule has 0 unspecified atom stereocenters. The van der Waals surface area contributed by atoms with Gasteiger partial charge in [-0.1, -0.05) is 19.8 Å². The minimum Gasteiger partial charge on any atom is -0.376 e. The number of sulfonamides is 1. The second kappa shape index (κ2) is 7.75. The highest BCUT2D eigenvalue weighted by Gasteiger charge is 2.36. The van der Waals surface area contributed by atoms with Crippen LogP contribution in [-0.4, -0.2) is 56.7 Å². The summed E-state index contributed by atoms with van der Waals surface area (Å²) in [6.07, 6.45) is 7.59. The Labute approximate surface area is 133 Å². The van der Waals surface area contributed by atoms with Crippen LogP contribution in [0.4, 0.5) is 0 Å². The third kappa shape index (κ3) is 4.67. The average molecular weight is 332 g/mol. The van der Waals surface area contributed by atoms with Crippen LogP contribution in [0, 0.1) is 5.92 Å². The third-order valence-electron chi connectivity index (χ3n) is 4.70. The lowest BCUT2D eigenvalue weighted by Crippen LogP contribution is -2.46. The summed E-state index contributed by atoms with van der Waals surface area (Å²) in [5.74, 6) is 0.378. The SMILES string of the molecule is C[C@@H]1CCCC[C@@H]1OCCNC(=O)[C@H]1CCCN1S(C)(=O)=O. The van der Waals surface area contributed by atoms with Gasteiger partial charge in [0.25, 0.3) is 0 Å². The van der Waals surface area contributed by atoms with Gasteiger partial charge in [0.15, 0.2) is 0 Å². The van der Waals surface area contributed by atoms with Crippen molar-refractivity contribution in [2.24, 2.45) is 5.92 Å². The second-order valence-electron chi connectivity index (χ2n) is 6.49. The van der Waals surface area contributed by atoms with Gasteiger partial charge in [-0.05, 0) is 31.6 Å². The summed E-state index contributed by atoms with van der Waals surface area (Å²) < 4.78 is 30.4. The summed E-state index contributed by atoms with van der Waals surface area (Å²) in [5.41, 5.74) is 0. The van der Waals surface area contributed by atoms with E-state index in [9.17, 15) is 13.2 Å². The molecule has 0 aromatic rings. The molecule has 128 valence electrons. The highest BCUT2D eigenvalue weighted by molar-refractivity contribution is 7.88. The molecule has 2 aliphatic rings. The van der Waals surface area contributed by atoms with Gasteiger partial charge in [-0.15, -0.1) is 0 Å². The Morgan fingerprint density at radius 1 is 1.23 bits per heavy atom. The number of ether oxygens (including phenoxy) is 1. The lowest BCUT2D eigenvalue weighted by molar-refractivity contribution is -0.124. The predicted octanol–water partition coefficient (Wildman–Crippen LogP) is 1.12. The van der Waals surface area contributed by atoms with Crippen molar-refractivity contribution in [2.45, 2.75) is 57.6 Å². The van der Waals surface area contributed by atoms with E-state index in [-0.39, 0.29) is 5.91 Å². The Bertz CT molecular complexity index is 480. The lowest BCUT2D eigenvalue weighted by Gasteiger charge is -2.29. The molecule has 3 atom stereocenters. The van der Waals surface area contributed by atoms with Crippen molar-refractivity contribution in [3.63, 3.8) is 0 Å². The predicted molar refractivity (Wildman–Crippen MR) is 85.0 cm³/mol. The summed E-state index contributed by atoms with van der Waals surface area (Å²) in [4.78, 5) is 12.1. The molecule has 22 heavy (non-hydrogen) atoms. The van der Waals surface area contributed by atoms with Crippen molar-refractivity contribution in [1.82, 2.24) is 9.62 Å². The highest BCUT2D eigenvalue weighted by Crippen LogP contribution is 2.26. The molecule has 0 aromatic heterocycles. The summed E-state index contributed by atoms with van der Waals surface area (Å²) in [6.45, 7) is 3.58. The van der Waals surface area contributed by atoms with Crippen molar-refractivity contribution < 1.29 is 17.9 Å². The molecule has 0 spiro atoms. The van der Waals surface area contributed by atoms with E-state index < -0.39 is 16.1 Å². The van der Waals surface area contributed by atoms with Crippen molar-refractivity contribution in [3.05, 3.63) is 0 Å². The zero-order valence-electron chi connectivity index (χ0n) is 13.6. The number of hydrogen-bond acceptors (Lipinski definition) is 4. The van der Waals surface area contributed by atoms with Crippen molar-refractivity contribution >= 4 is 15.9 Å². The van der Waals surface area contributed by atoms with Crippen LogP contribution >= 0.6 is 0 Å². The first kappa shape index (κ1) is 17.7. The Hall–Kier alpha value is -0.660. The van der Waals surface area contributed by atoms with Gasteiger partial charge in [0.05, 0.1) is 19.0 Å². The Kier molecular flexibility index (Phi) is 6.23. The van der Waals surface area contributed by atoms with Crippen LogP contribution in [0.15, 0.2) is 0 Å². The minimum absolute atomic E-state index is 0.205. The standard InChI is InChI=1S/C15H28N2O4S/c1-12-6-3-4-8-14(12)21-11-9-16-15(18)13-7-5-10-17(13)22(2,19)20/h12-14H,3-11H2,1-2H3,(H,16,18)/t12-,13-,14+/m1/s1. The molecule has 1 saturated heterocycles. The molecule has 0 radical (unpaired) electrons. The first-order chi connectivity index (χ1) is 10.4. The molecule has 1 aliphatic heterocycles. The quantitative estimate of drug-likeness (QED) is 0.740. The topological polar surface area (TPSA) is 75.7 Å². The average Bonchev–Trinajstić information content (AvgIpc) is 2.94. The number of hydrogen-bond donors (Lipinski definition) is 1. The first-order valence-corrected chi connectivity index (χ1v) is 10.1. The first-order valence-electron chi connectivity index (χ1n) is 8.25. The largest absolute Gasteiger partial charge is 0.376 e. The van der Waals surface area contributed by atoms with E-state index in [1.807, 2.05) is 0 Å². The van der Waals surface area contributed by atoms with E-state index >= 15 is 0 Å². The van der Waals surface area contributed by atoms with E-state index in [0.717, 1.165) is 19.1 Å². The number of amides is 1. The fraction of sp³-hybridized carbons (Fsp3) is 0.933. The van der Waals surface area contributed by atoms with E-state index in [1.165, 1.54) is 23.6 Å². The van der Waals surface area contributed by atoms with E-state index in [0.29, 0.717) is 38.1 Å². The van der Waals surface area contributed by atoms with Crippen LogP contribution in [0.2, 0.25) is 0 Å². The van der Waals surface area contributed by atoms with Gasteiger partial charge >= 0.3 is 0 Å². The summed E-state index contributed by atoms with van der Waals surface area (Å²) in [7, 11) is -3.31. The van der Waals surface area contributed by atoms with Crippen LogP contribution in [0.5, 0.6) is 0 Å². The summed E-state index contributed by atoms with van der Waals surface area (Å²) in [6, 6.07) is -0.552. The fourth-order valence-electron chi connectivity index (χ4n) is 3.43. The number of nitrogens with zero attached hydrogens (tertiary/aromatic N) is 1. The van der Waals surface area contributed by atoms with Crippen LogP contribution in [0.1, 0.15) is 45.4 Å². The number of carbonyl (C=O) groups excluding carboxylic acids is 1. The zero-order valence-corrected chi connectivity index (χ0v) is 14.4. The summed E-state index contributed by atoms with van der Waals surface area (Å²) in [5, 5.41) is 2.81. The van der Waals surface area contributed by atoms with Gasteiger partial charge < -0.3 is 10.1 Å². The summed E-state index contributed by atoms with van der Waals surface area (Å²) >= 11 is 0. The monoisotopic (exact) mass is 332 g/mol. The van der Waals surface area contributed by atoms with Crippen LogP contribution in [-0.2, 0) is 19.6 Å². The molecular formula is C15H28N2O4S. The Morgan fingerprint density at radius 3 is 2.64 bits per heavy atom. The maximum Gasteiger partial charge on any atom is 0.238 e. The van der Waals surface area contributed by atoms with E-state index in [1.54, 1.807) is 0 Å². The molecule has 1 aliphatic carbocycles. The maximum atomic E-state index is 12.1. The smallest absolute Gasteiger partial charge is 0.238 e. The van der Waals surface area contributed by atoms with E-state index in [4.69, 9.17) is 4.74 Å². The van der Waals surface area contributed by atoms with Crippen LogP contribution in [0.25, 0.3) is 0 Å². The zero-order chi connectivity index (χ0) is 16.2. The minimum atomic E-state index is -3.31. The number of carbonyl (C=O) groups is 1. The maximum absolute atomic E-state index is 12.1. The molecule has 0 bridgehead atoms. The van der Waals surface area contributed by atoms with Crippen molar-refractivity contribution in [2.75, 3.05) is 26.0 Å². The third-order valence-corrected chi connectivity index (χ3v) is 5.99. The van der Waals surface area contributed by atoms with Gasteiger partial charge in [0.2, 0.25) is 15.9 Å². The molecule has 1 saturated carbocycles. The fourth-order valence-corrected chi connectivity index (χ4v) is 4.56. The van der Waals surface area contributed by atoms with Crippen molar-refractivity contribution in [1.29, 1.82) is 0 Å². The molecule has 6 nitrogen and oxygen atoms in total. The molecule has 7 heteroatoms. The molecule has 0 aromatic carbocycles. The van der Waals surface area contributed by atoms with Gasteiger partial charge in [0.1, 0.15) is 6.04 Å². The Balaban J connectivity index is 1.71. The molecule has 2 fully saturated rings. The molecular weight excluding hydrogens is 304 g/mol. The number of nitrogens with one attached hydrogen (secondary N) is 1. The highest BCUT2D eigenvalue weighted by atomic mass is 32.2. The second-order valence-corrected chi connectivity index (χ2v) is 8.43. The Morgan fingerprint density at radius 2 is 1.95 bits per heavy atom. The van der Waals surface area contributed by atoms with Crippen LogP contribution in [0.3, 0.4) is 0 Å². The van der Waals surface area contributed by atoms with Crippen molar-refractivity contribution in [3.8, 4) is 0 Å². The van der Waals surface area contributed by atoms with Crippen LogP contribution < -0.4 is 5.32 Å². The molecule has 1 heterocycles. The normalized spacial score (nSPS) is 30.4. The molecule has 1 N–H and O–H groups in total. The lowest BCUT2D eigenvalue weighted by atomic mass is 9.88. The van der Waals surface area contributed by atoms with E-state index in [2.05, 4.69) is 12.2 Å². The molecule has 2 rings (SSSR count). The van der Waals surface area contributed by atoms with Gasteiger partial charge in [-0.25, -0.2) is 8.42 Å². The number of rotatable bonds is 6. The van der Waals surface area contributed by atoms with Gasteiger partial charge in [-0.3, -0.25) is 4.79 Å². The molecule has 1 amide bonds. The van der Waals surface area contributed by atoms with Gasteiger partial charge in [-0.2, -0.15) is 4.31 Å².